The molecule has 0 aliphatic rings. The van der Waals surface area contributed by atoms with Crippen LogP contribution in [0.2, 0.25) is 0 Å². The molecule has 1 aromatic heterocycles. The van der Waals surface area contributed by atoms with Crippen molar-refractivity contribution in [2.24, 2.45) is 5.92 Å². The Morgan fingerprint density at radius 1 is 1.39 bits per heavy atom. The van der Waals surface area contributed by atoms with Gasteiger partial charge < -0.3 is 14.9 Å². The molecule has 0 bridgehead atoms. The van der Waals surface area contributed by atoms with E-state index in [0.29, 0.717) is 23.2 Å². The summed E-state index contributed by atoms with van der Waals surface area (Å²) in [6, 6.07) is -0.278. The largest absolute Gasteiger partial charge is 0.354 e. The quantitative estimate of drug-likeness (QED) is 0.807. The number of carbonyl (C=O) groups excluding carboxylic acids is 1. The first-order valence-corrected chi connectivity index (χ1v) is 6.83. The average Bonchev–Trinajstić information content (AvgIpc) is 2.67. The molecule has 1 aromatic rings. The number of H-pyrrole nitrogens is 1. The van der Waals surface area contributed by atoms with Gasteiger partial charge in [-0.15, -0.1) is 0 Å². The normalized spacial score (nSPS) is 13.1. The molecule has 0 aromatic carbocycles. The summed E-state index contributed by atoms with van der Waals surface area (Å²) >= 11 is 5.25. The van der Waals surface area contributed by atoms with Crippen molar-refractivity contribution in [3.8, 4) is 0 Å². The lowest BCUT2D eigenvalue weighted by molar-refractivity contribution is -0.124. The summed E-state index contributed by atoms with van der Waals surface area (Å²) in [6.45, 7) is 10.9. The third-order valence-corrected chi connectivity index (χ3v) is 3.20. The van der Waals surface area contributed by atoms with E-state index in [4.69, 9.17) is 12.2 Å². The van der Waals surface area contributed by atoms with Crippen molar-refractivity contribution < 1.29 is 4.79 Å². The van der Waals surface area contributed by atoms with Gasteiger partial charge in [-0.2, -0.15) is 0 Å². The SMILES string of the molecule is CC(C)CNC(=O)C(C)n1c(C(C)C)c[nH]c1=S. The Morgan fingerprint density at radius 2 is 2.00 bits per heavy atom. The number of nitrogens with zero attached hydrogens (tertiary/aromatic N) is 1. The van der Waals surface area contributed by atoms with Crippen LogP contribution in [0.3, 0.4) is 0 Å². The van der Waals surface area contributed by atoms with Gasteiger partial charge in [0, 0.05) is 18.4 Å². The van der Waals surface area contributed by atoms with Crippen molar-refractivity contribution in [1.82, 2.24) is 14.9 Å². The molecule has 102 valence electrons. The molecule has 1 heterocycles. The minimum absolute atomic E-state index is 0.0151. The molecule has 1 amide bonds. The second-order valence-electron chi connectivity index (χ2n) is 5.36. The third-order valence-electron chi connectivity index (χ3n) is 2.88. The van der Waals surface area contributed by atoms with Crippen molar-refractivity contribution in [2.75, 3.05) is 6.54 Å². The van der Waals surface area contributed by atoms with Gasteiger partial charge in [0.1, 0.15) is 6.04 Å². The molecule has 0 fully saturated rings. The van der Waals surface area contributed by atoms with Gasteiger partial charge in [-0.1, -0.05) is 27.7 Å². The van der Waals surface area contributed by atoms with Crippen LogP contribution >= 0.6 is 12.2 Å². The highest BCUT2D eigenvalue weighted by molar-refractivity contribution is 7.71. The van der Waals surface area contributed by atoms with Crippen molar-refractivity contribution >= 4 is 18.1 Å². The molecule has 0 saturated heterocycles. The molecule has 0 radical (unpaired) electrons. The average molecular weight is 269 g/mol. The summed E-state index contributed by atoms with van der Waals surface area (Å²) in [4.78, 5) is 15.1. The number of amides is 1. The standard InChI is InChI=1S/C13H23N3OS/c1-8(2)6-14-12(17)10(5)16-11(9(3)4)7-15-13(16)18/h7-10H,6H2,1-5H3,(H,14,17)(H,15,18). The Morgan fingerprint density at radius 3 is 2.50 bits per heavy atom. The second kappa shape index (κ2) is 6.18. The first kappa shape index (κ1) is 15.0. The number of rotatable bonds is 5. The van der Waals surface area contributed by atoms with E-state index in [0.717, 1.165) is 5.69 Å². The minimum atomic E-state index is -0.278. The first-order valence-electron chi connectivity index (χ1n) is 6.42. The molecule has 5 heteroatoms. The number of nitrogens with one attached hydrogen (secondary N) is 2. The molecular weight excluding hydrogens is 246 g/mol. The van der Waals surface area contributed by atoms with Crippen molar-refractivity contribution in [2.45, 2.75) is 46.6 Å². The Hall–Kier alpha value is -1.10. The summed E-state index contributed by atoms with van der Waals surface area (Å²) in [5.74, 6) is 0.796. The van der Waals surface area contributed by atoms with Gasteiger partial charge in [0.25, 0.3) is 0 Å². The van der Waals surface area contributed by atoms with Gasteiger partial charge in [0.05, 0.1) is 0 Å². The Labute approximate surface area is 114 Å². The van der Waals surface area contributed by atoms with Crippen LogP contribution < -0.4 is 5.32 Å². The maximum atomic E-state index is 12.1. The number of aromatic amines is 1. The predicted molar refractivity (Wildman–Crippen MR) is 76.3 cm³/mol. The van der Waals surface area contributed by atoms with Crippen LogP contribution in [0, 0.1) is 10.7 Å². The van der Waals surface area contributed by atoms with Gasteiger partial charge in [0.2, 0.25) is 5.91 Å². The fourth-order valence-electron chi connectivity index (χ4n) is 1.81. The zero-order valence-electron chi connectivity index (χ0n) is 11.8. The monoisotopic (exact) mass is 269 g/mol. The Kier molecular flexibility index (Phi) is 5.14. The Balaban J connectivity index is 2.89. The van der Waals surface area contributed by atoms with E-state index in [1.54, 1.807) is 0 Å². The van der Waals surface area contributed by atoms with Crippen LogP contribution in [0.5, 0.6) is 0 Å². The molecule has 1 atom stereocenters. The minimum Gasteiger partial charge on any atom is -0.354 e. The van der Waals surface area contributed by atoms with Crippen LogP contribution in [-0.2, 0) is 4.79 Å². The number of hydrogen-bond donors (Lipinski definition) is 2. The second-order valence-corrected chi connectivity index (χ2v) is 5.75. The molecular formula is C13H23N3OS. The van der Waals surface area contributed by atoms with E-state index < -0.39 is 0 Å². The predicted octanol–water partition coefficient (Wildman–Crippen LogP) is 3.00. The fraction of sp³-hybridized carbons (Fsp3) is 0.692. The third kappa shape index (κ3) is 3.45. The highest BCUT2D eigenvalue weighted by Gasteiger charge is 2.19. The molecule has 2 N–H and O–H groups in total. The van der Waals surface area contributed by atoms with Crippen LogP contribution in [0.1, 0.15) is 52.3 Å². The van der Waals surface area contributed by atoms with E-state index in [1.807, 2.05) is 17.7 Å². The smallest absolute Gasteiger partial charge is 0.242 e. The highest BCUT2D eigenvalue weighted by Crippen LogP contribution is 2.19. The molecule has 0 aliphatic carbocycles. The van der Waals surface area contributed by atoms with E-state index >= 15 is 0 Å². The molecule has 0 spiro atoms. The molecule has 0 aliphatic heterocycles. The van der Waals surface area contributed by atoms with E-state index in [-0.39, 0.29) is 11.9 Å². The zero-order valence-corrected chi connectivity index (χ0v) is 12.6. The molecule has 1 unspecified atom stereocenters. The molecule has 18 heavy (non-hydrogen) atoms. The molecule has 4 nitrogen and oxygen atoms in total. The van der Waals surface area contributed by atoms with Gasteiger partial charge in [-0.3, -0.25) is 4.79 Å². The number of carbonyl (C=O) groups is 1. The van der Waals surface area contributed by atoms with Gasteiger partial charge >= 0.3 is 0 Å². The summed E-state index contributed by atoms with van der Waals surface area (Å²) in [6.07, 6.45) is 1.89. The number of hydrogen-bond acceptors (Lipinski definition) is 2. The van der Waals surface area contributed by atoms with Crippen molar-refractivity contribution in [3.63, 3.8) is 0 Å². The van der Waals surface area contributed by atoms with E-state index in [1.165, 1.54) is 0 Å². The topological polar surface area (TPSA) is 49.8 Å². The van der Waals surface area contributed by atoms with Gasteiger partial charge in [0.15, 0.2) is 4.77 Å². The number of aromatic nitrogens is 2. The zero-order chi connectivity index (χ0) is 13.9. The lowest BCUT2D eigenvalue weighted by atomic mass is 10.1. The lowest BCUT2D eigenvalue weighted by Crippen LogP contribution is -2.34. The maximum absolute atomic E-state index is 12.1. The summed E-state index contributed by atoms with van der Waals surface area (Å²) in [7, 11) is 0. The van der Waals surface area contributed by atoms with Crippen LogP contribution in [0.4, 0.5) is 0 Å². The molecule has 0 saturated carbocycles. The van der Waals surface area contributed by atoms with Crippen LogP contribution in [0.15, 0.2) is 6.20 Å². The van der Waals surface area contributed by atoms with Crippen molar-refractivity contribution in [1.29, 1.82) is 0 Å². The lowest BCUT2D eigenvalue weighted by Gasteiger charge is -2.18. The van der Waals surface area contributed by atoms with Crippen LogP contribution in [-0.4, -0.2) is 22.0 Å². The first-order chi connectivity index (χ1) is 8.34. The van der Waals surface area contributed by atoms with E-state index in [9.17, 15) is 4.79 Å². The number of imidazole rings is 1. The summed E-state index contributed by atoms with van der Waals surface area (Å²) in [5, 5.41) is 2.94. The van der Waals surface area contributed by atoms with Gasteiger partial charge in [-0.25, -0.2) is 0 Å². The summed E-state index contributed by atoms with van der Waals surface area (Å²) < 4.78 is 2.50. The van der Waals surface area contributed by atoms with Crippen molar-refractivity contribution in [3.05, 3.63) is 16.7 Å². The van der Waals surface area contributed by atoms with Crippen LogP contribution in [0.25, 0.3) is 0 Å². The maximum Gasteiger partial charge on any atom is 0.242 e. The van der Waals surface area contributed by atoms with Gasteiger partial charge in [-0.05, 0) is 31.0 Å². The fourth-order valence-corrected chi connectivity index (χ4v) is 2.13. The Bertz CT molecular complexity index is 459. The summed E-state index contributed by atoms with van der Waals surface area (Å²) in [5.41, 5.74) is 1.06. The highest BCUT2D eigenvalue weighted by atomic mass is 32.1. The van der Waals surface area contributed by atoms with E-state index in [2.05, 4.69) is 38.0 Å². The molecule has 1 rings (SSSR count).